The van der Waals surface area contributed by atoms with E-state index >= 15 is 4.39 Å². The lowest BCUT2D eigenvalue weighted by atomic mass is 9.77. The number of nitrogens with one attached hydrogen (secondary N) is 2. The normalized spacial score (nSPS) is 22.0. The van der Waals surface area contributed by atoms with Gasteiger partial charge in [-0.3, -0.25) is 14.3 Å². The van der Waals surface area contributed by atoms with E-state index < -0.39 is 35.0 Å². The van der Waals surface area contributed by atoms with Crippen molar-refractivity contribution >= 4 is 23.4 Å². The number of fused-ring (bicyclic) bond motifs is 1. The summed E-state index contributed by atoms with van der Waals surface area (Å²) in [6.45, 7) is 3.43. The molecule has 1 fully saturated rings. The zero-order valence-electron chi connectivity index (χ0n) is 24.0. The number of aldehydes is 1. The van der Waals surface area contributed by atoms with Crippen LogP contribution in [0, 0.1) is 5.92 Å². The summed E-state index contributed by atoms with van der Waals surface area (Å²) < 4.78 is 28.5. The van der Waals surface area contributed by atoms with Crippen molar-refractivity contribution in [2.75, 3.05) is 12.4 Å². The molecule has 1 aliphatic rings. The van der Waals surface area contributed by atoms with Crippen LogP contribution in [0.25, 0.3) is 11.2 Å². The number of halogens is 1. The fourth-order valence-electron chi connectivity index (χ4n) is 6.03. The Hall–Kier alpha value is -4.83. The third-order valence-electron chi connectivity index (χ3n) is 8.56. The van der Waals surface area contributed by atoms with Gasteiger partial charge in [-0.05, 0) is 35.2 Å². The molecule has 0 aliphatic carbocycles. The summed E-state index contributed by atoms with van der Waals surface area (Å²) in [5, 5.41) is 3.54. The van der Waals surface area contributed by atoms with E-state index in [4.69, 9.17) is 14.5 Å². The number of carbonyl (C=O) groups is 1. The molecule has 5 aromatic rings. The van der Waals surface area contributed by atoms with E-state index in [2.05, 4.69) is 15.3 Å². The molecule has 3 heterocycles. The minimum absolute atomic E-state index is 0.0311. The summed E-state index contributed by atoms with van der Waals surface area (Å²) in [7, 11) is 1.61. The number of nitrogens with zero attached hydrogens (tertiary/aromatic N) is 3. The van der Waals surface area contributed by atoms with Crippen LogP contribution in [0.2, 0.25) is 0 Å². The summed E-state index contributed by atoms with van der Waals surface area (Å²) in [6.07, 6.45) is -0.392. The quantitative estimate of drug-likeness (QED) is 0.178. The van der Waals surface area contributed by atoms with Crippen molar-refractivity contribution in [3.05, 3.63) is 118 Å². The molecule has 4 atom stereocenters. The number of ether oxygens (including phenoxy) is 2. The number of hydrogen-bond donors (Lipinski definition) is 2. The number of aromatic nitrogens is 4. The van der Waals surface area contributed by atoms with Crippen molar-refractivity contribution in [2.45, 2.75) is 43.8 Å². The summed E-state index contributed by atoms with van der Waals surface area (Å²) >= 11 is 0. The van der Waals surface area contributed by atoms with Gasteiger partial charge in [-0.15, -0.1) is 0 Å². The number of aromatic amines is 1. The Kier molecular flexibility index (Phi) is 7.31. The van der Waals surface area contributed by atoms with E-state index in [0.29, 0.717) is 18.5 Å². The fourth-order valence-corrected chi connectivity index (χ4v) is 6.03. The molecule has 0 unspecified atom stereocenters. The van der Waals surface area contributed by atoms with Crippen LogP contribution >= 0.6 is 0 Å². The zero-order chi connectivity index (χ0) is 30.2. The number of hydrogen-bond acceptors (Lipinski definition) is 7. The van der Waals surface area contributed by atoms with E-state index in [1.807, 2.05) is 84.9 Å². The number of carbonyl (C=O) groups excluding carboxylic acids is 1. The molecule has 0 amide bonds. The lowest BCUT2D eigenvalue weighted by molar-refractivity contribution is -0.138. The molecule has 2 N–H and O–H groups in total. The van der Waals surface area contributed by atoms with Gasteiger partial charge in [0.2, 0.25) is 5.95 Å². The van der Waals surface area contributed by atoms with Crippen molar-refractivity contribution in [1.29, 1.82) is 0 Å². The van der Waals surface area contributed by atoms with Crippen LogP contribution in [0.5, 0.6) is 5.75 Å². The highest BCUT2D eigenvalue weighted by Gasteiger charge is 2.53. The average Bonchev–Trinajstić information content (AvgIpc) is 3.59. The van der Waals surface area contributed by atoms with Gasteiger partial charge in [0.15, 0.2) is 29.8 Å². The second-order valence-corrected chi connectivity index (χ2v) is 10.7. The summed E-state index contributed by atoms with van der Waals surface area (Å²) in [6, 6.07) is 27.3. The van der Waals surface area contributed by atoms with Crippen LogP contribution in [0.4, 0.5) is 10.3 Å². The maximum absolute atomic E-state index is 15.7. The molecule has 0 radical (unpaired) electrons. The van der Waals surface area contributed by atoms with Gasteiger partial charge in [0.25, 0.3) is 5.56 Å². The number of anilines is 1. The molecule has 10 heteroatoms. The Balaban J connectivity index is 1.54. The summed E-state index contributed by atoms with van der Waals surface area (Å²) in [5.74, 6) is 0.137. The van der Waals surface area contributed by atoms with Crippen LogP contribution in [-0.4, -0.2) is 44.7 Å². The van der Waals surface area contributed by atoms with Crippen LogP contribution in [-0.2, 0) is 15.1 Å². The van der Waals surface area contributed by atoms with Crippen molar-refractivity contribution in [3.63, 3.8) is 0 Å². The van der Waals surface area contributed by atoms with E-state index in [1.54, 1.807) is 21.0 Å². The van der Waals surface area contributed by atoms with Gasteiger partial charge < -0.3 is 19.6 Å². The Bertz CT molecular complexity index is 1750. The second-order valence-electron chi connectivity index (χ2n) is 10.7. The van der Waals surface area contributed by atoms with E-state index in [9.17, 15) is 9.59 Å². The highest BCUT2D eigenvalue weighted by molar-refractivity contribution is 5.72. The molecule has 9 nitrogen and oxygen atoms in total. The molecular formula is C33H32FN5O4. The molecular weight excluding hydrogens is 549 g/mol. The number of H-pyrrole nitrogens is 1. The van der Waals surface area contributed by atoms with Gasteiger partial charge in [-0.25, -0.2) is 9.37 Å². The van der Waals surface area contributed by atoms with E-state index in [1.165, 1.54) is 10.9 Å². The zero-order valence-corrected chi connectivity index (χ0v) is 24.0. The third-order valence-corrected chi connectivity index (χ3v) is 8.56. The fraction of sp³-hybridized carbons (Fsp3) is 0.273. The minimum Gasteiger partial charge on any atom is -0.497 e. The predicted octanol–water partition coefficient (Wildman–Crippen LogP) is 5.38. The van der Waals surface area contributed by atoms with Gasteiger partial charge in [0, 0.05) is 5.92 Å². The molecule has 3 aromatic carbocycles. The molecule has 0 bridgehead atoms. The first kappa shape index (κ1) is 28.3. The predicted molar refractivity (Wildman–Crippen MR) is 161 cm³/mol. The van der Waals surface area contributed by atoms with E-state index in [0.717, 1.165) is 16.7 Å². The molecule has 1 aliphatic heterocycles. The molecule has 1 saturated heterocycles. The molecule has 0 spiro atoms. The minimum atomic E-state index is -1.52. The first-order chi connectivity index (χ1) is 20.9. The number of alkyl halides is 1. The average molecular weight is 582 g/mol. The Morgan fingerprint density at radius 2 is 1.65 bits per heavy atom. The summed E-state index contributed by atoms with van der Waals surface area (Å²) in [4.78, 5) is 37.2. The van der Waals surface area contributed by atoms with Crippen molar-refractivity contribution in [2.24, 2.45) is 5.92 Å². The monoisotopic (exact) mass is 581 g/mol. The number of imidazole rings is 1. The van der Waals surface area contributed by atoms with Crippen LogP contribution in [0.3, 0.4) is 0 Å². The maximum Gasteiger partial charge on any atom is 0.280 e. The largest absolute Gasteiger partial charge is 0.497 e. The molecule has 2 aromatic heterocycles. The Morgan fingerprint density at radius 3 is 2.19 bits per heavy atom. The van der Waals surface area contributed by atoms with Gasteiger partial charge >= 0.3 is 0 Å². The maximum atomic E-state index is 15.7. The first-order valence-electron chi connectivity index (χ1n) is 14.2. The third kappa shape index (κ3) is 4.58. The lowest BCUT2D eigenvalue weighted by Gasteiger charge is -2.37. The van der Waals surface area contributed by atoms with Crippen molar-refractivity contribution in [3.8, 4) is 5.75 Å². The van der Waals surface area contributed by atoms with Crippen molar-refractivity contribution in [1.82, 2.24) is 19.5 Å². The summed E-state index contributed by atoms with van der Waals surface area (Å²) in [5.41, 5.74) is -0.00726. The van der Waals surface area contributed by atoms with Crippen molar-refractivity contribution < 1.29 is 18.7 Å². The van der Waals surface area contributed by atoms with Gasteiger partial charge in [0.1, 0.15) is 16.9 Å². The first-order valence-corrected chi connectivity index (χ1v) is 14.2. The highest BCUT2D eigenvalue weighted by atomic mass is 19.1. The number of methoxy groups -OCH3 is 1. The highest BCUT2D eigenvalue weighted by Crippen LogP contribution is 2.45. The van der Waals surface area contributed by atoms with Gasteiger partial charge in [-0.2, -0.15) is 4.98 Å². The Labute approximate surface area is 247 Å². The topological polar surface area (TPSA) is 111 Å². The number of benzene rings is 3. The lowest BCUT2D eigenvalue weighted by Crippen LogP contribution is -2.39. The van der Waals surface area contributed by atoms with Gasteiger partial charge in [-0.1, -0.05) is 86.6 Å². The molecule has 220 valence electrons. The van der Waals surface area contributed by atoms with Crippen LogP contribution in [0.15, 0.2) is 96.1 Å². The van der Waals surface area contributed by atoms with Crippen LogP contribution in [0.1, 0.15) is 43.2 Å². The molecule has 43 heavy (non-hydrogen) atoms. The van der Waals surface area contributed by atoms with Gasteiger partial charge in [0.05, 0.1) is 13.4 Å². The smallest absolute Gasteiger partial charge is 0.280 e. The standard InChI is InChI=1S/C33H32FN5O4/c1-4-32(19-40)21(2)26(34)30(43-32)39-20-35-27-28(39)36-31(37-29(27)41)38-33(22-11-7-5-8-12-22,23-13-9-6-10-14-23)24-15-17-25(42-3)18-16-24/h5-21,26,30H,4H2,1-3H3,(H2,36,37,38,41)/t21-,26-,30+,32-/m0/s1. The van der Waals surface area contributed by atoms with E-state index in [-0.39, 0.29) is 17.1 Å². The number of rotatable bonds is 9. The molecule has 6 rings (SSSR count). The molecule has 0 saturated carbocycles. The van der Waals surface area contributed by atoms with Crippen LogP contribution < -0.4 is 15.6 Å². The SMILES string of the molecule is CC[C@@]1(C=O)O[C@@H](n2cnc3c(=O)[nH]c(NC(c4ccccc4)(c4ccccc4)c4ccc(OC)cc4)nc32)[C@@H](F)[C@@H]1C. The Morgan fingerprint density at radius 1 is 1.05 bits per heavy atom. The second kappa shape index (κ2) is 11.1.